The lowest BCUT2D eigenvalue weighted by Crippen LogP contribution is -2.38. The molecule has 0 bridgehead atoms. The molecule has 3 N–H and O–H groups in total. The Balaban J connectivity index is 3.20. The molecule has 118 valence electrons. The number of hydrogen-bond donors (Lipinski definition) is 2. The first-order valence-corrected chi connectivity index (χ1v) is 8.64. The van der Waals surface area contributed by atoms with E-state index in [1.165, 1.54) is 12.1 Å². The third kappa shape index (κ3) is 4.43. The Morgan fingerprint density at radius 2 is 1.95 bits per heavy atom. The van der Waals surface area contributed by atoms with Gasteiger partial charge in [-0.1, -0.05) is 32.4 Å². The number of halogens is 1. The Morgan fingerprint density at radius 3 is 2.38 bits per heavy atom. The molecule has 0 saturated carbocycles. The minimum Gasteiger partial charge on any atom is -0.349 e. The van der Waals surface area contributed by atoms with Crippen LogP contribution in [0.15, 0.2) is 17.0 Å². The number of sulfonamides is 1. The summed E-state index contributed by atoms with van der Waals surface area (Å²) in [5.41, 5.74) is 0.528. The molecule has 1 aromatic carbocycles. The van der Waals surface area contributed by atoms with Gasteiger partial charge < -0.3 is 5.32 Å². The fourth-order valence-electron chi connectivity index (χ4n) is 2.07. The zero-order chi connectivity index (χ0) is 16.4. The number of primary sulfonamides is 1. The molecule has 0 aliphatic rings. The summed E-state index contributed by atoms with van der Waals surface area (Å²) in [6.45, 7) is 7.54. The number of amides is 1. The highest BCUT2D eigenvalue weighted by Gasteiger charge is 2.20. The molecule has 0 fully saturated rings. The fraction of sp³-hybridized carbons (Fsp3) is 0.500. The second-order valence-corrected chi connectivity index (χ2v) is 7.30. The maximum absolute atomic E-state index is 12.3. The van der Waals surface area contributed by atoms with Gasteiger partial charge in [-0.15, -0.1) is 0 Å². The minimum atomic E-state index is -3.93. The Kier molecular flexibility index (Phi) is 5.78. The van der Waals surface area contributed by atoms with Crippen molar-refractivity contribution in [1.29, 1.82) is 0 Å². The zero-order valence-electron chi connectivity index (χ0n) is 12.6. The van der Waals surface area contributed by atoms with E-state index in [2.05, 4.69) is 5.32 Å². The molecule has 0 saturated heterocycles. The molecule has 7 heteroatoms. The van der Waals surface area contributed by atoms with Crippen molar-refractivity contribution in [3.63, 3.8) is 0 Å². The van der Waals surface area contributed by atoms with Crippen LogP contribution in [0.2, 0.25) is 5.02 Å². The summed E-state index contributed by atoms with van der Waals surface area (Å²) in [7, 11) is -3.93. The summed E-state index contributed by atoms with van der Waals surface area (Å²) >= 11 is 6.00. The third-order valence-electron chi connectivity index (χ3n) is 3.43. The van der Waals surface area contributed by atoms with Gasteiger partial charge in [-0.3, -0.25) is 4.79 Å². The predicted octanol–water partition coefficient (Wildman–Crippen LogP) is 2.46. The van der Waals surface area contributed by atoms with Gasteiger partial charge in [-0.2, -0.15) is 0 Å². The van der Waals surface area contributed by atoms with Crippen LogP contribution in [-0.4, -0.2) is 20.4 Å². The van der Waals surface area contributed by atoms with E-state index in [1.54, 1.807) is 6.92 Å². The van der Waals surface area contributed by atoms with Crippen LogP contribution in [0.1, 0.15) is 43.1 Å². The van der Waals surface area contributed by atoms with E-state index in [9.17, 15) is 13.2 Å². The Morgan fingerprint density at radius 1 is 1.38 bits per heavy atom. The number of nitrogens with one attached hydrogen (secondary N) is 1. The Labute approximate surface area is 130 Å². The topological polar surface area (TPSA) is 89.3 Å². The lowest BCUT2D eigenvalue weighted by Gasteiger charge is -2.21. The van der Waals surface area contributed by atoms with Crippen LogP contribution >= 0.6 is 11.6 Å². The number of carbonyl (C=O) groups excluding carboxylic acids is 1. The molecule has 0 spiro atoms. The molecule has 0 heterocycles. The summed E-state index contributed by atoms with van der Waals surface area (Å²) < 4.78 is 23.1. The van der Waals surface area contributed by atoms with E-state index in [1.807, 2.05) is 20.8 Å². The molecule has 1 rings (SSSR count). The second-order valence-electron chi connectivity index (χ2n) is 5.36. The molecule has 0 aliphatic carbocycles. The van der Waals surface area contributed by atoms with E-state index in [4.69, 9.17) is 16.7 Å². The van der Waals surface area contributed by atoms with Crippen LogP contribution in [-0.2, 0) is 10.0 Å². The van der Waals surface area contributed by atoms with Gasteiger partial charge in [0.15, 0.2) is 0 Å². The van der Waals surface area contributed by atoms with Crippen molar-refractivity contribution in [1.82, 2.24) is 5.32 Å². The van der Waals surface area contributed by atoms with Crippen molar-refractivity contribution in [2.45, 2.75) is 45.1 Å². The fourth-order valence-corrected chi connectivity index (χ4v) is 3.18. The number of benzene rings is 1. The van der Waals surface area contributed by atoms with E-state index in [0.29, 0.717) is 5.56 Å². The van der Waals surface area contributed by atoms with Gasteiger partial charge in [-0.25, -0.2) is 13.6 Å². The number of carbonyl (C=O) groups is 1. The average molecular weight is 333 g/mol. The first-order valence-electron chi connectivity index (χ1n) is 6.71. The van der Waals surface area contributed by atoms with Crippen molar-refractivity contribution in [2.75, 3.05) is 0 Å². The summed E-state index contributed by atoms with van der Waals surface area (Å²) in [6, 6.07) is 2.72. The smallest absolute Gasteiger partial charge is 0.251 e. The molecule has 0 aliphatic heterocycles. The van der Waals surface area contributed by atoms with Crippen molar-refractivity contribution in [3.8, 4) is 0 Å². The van der Waals surface area contributed by atoms with Gasteiger partial charge in [0.2, 0.25) is 10.0 Å². The normalized spacial score (nSPS) is 13.3. The van der Waals surface area contributed by atoms with Gasteiger partial charge in [-0.05, 0) is 37.0 Å². The van der Waals surface area contributed by atoms with Gasteiger partial charge in [0, 0.05) is 16.6 Å². The summed E-state index contributed by atoms with van der Waals surface area (Å²) in [4.78, 5) is 12.1. The second kappa shape index (κ2) is 6.77. The molecular formula is C14H21ClN2O3S. The molecule has 1 atom stereocenters. The van der Waals surface area contributed by atoms with E-state index in [-0.39, 0.29) is 33.3 Å². The van der Waals surface area contributed by atoms with E-state index < -0.39 is 10.0 Å². The standard InChI is InChI=1S/C14H21ClN2O3S/c1-5-12(8(2)3)17-14(18)10-6-11(15)9(4)13(7-10)21(16,19)20/h6-8,12H,5H2,1-4H3,(H,17,18)(H2,16,19,20). The molecule has 5 nitrogen and oxygen atoms in total. The highest BCUT2D eigenvalue weighted by molar-refractivity contribution is 7.89. The van der Waals surface area contributed by atoms with Crippen LogP contribution < -0.4 is 10.5 Å². The molecule has 21 heavy (non-hydrogen) atoms. The first-order chi connectivity index (χ1) is 9.57. The Hall–Kier alpha value is -1.11. The quantitative estimate of drug-likeness (QED) is 0.867. The van der Waals surface area contributed by atoms with Gasteiger partial charge in [0.05, 0.1) is 4.90 Å². The first kappa shape index (κ1) is 17.9. The highest BCUT2D eigenvalue weighted by Crippen LogP contribution is 2.24. The summed E-state index contributed by atoms with van der Waals surface area (Å²) in [5.74, 6) is -0.0834. The van der Waals surface area contributed by atoms with Crippen molar-refractivity contribution < 1.29 is 13.2 Å². The van der Waals surface area contributed by atoms with Crippen LogP contribution in [0.3, 0.4) is 0 Å². The molecular weight excluding hydrogens is 312 g/mol. The maximum Gasteiger partial charge on any atom is 0.251 e. The van der Waals surface area contributed by atoms with Crippen LogP contribution in [0.25, 0.3) is 0 Å². The SMILES string of the molecule is CCC(NC(=O)c1cc(Cl)c(C)c(S(N)(=O)=O)c1)C(C)C. The molecule has 0 aromatic heterocycles. The highest BCUT2D eigenvalue weighted by atomic mass is 35.5. The molecule has 0 radical (unpaired) electrons. The third-order valence-corrected chi connectivity index (χ3v) is 4.86. The van der Waals surface area contributed by atoms with Gasteiger partial charge >= 0.3 is 0 Å². The number of rotatable bonds is 5. The molecule has 1 aromatic rings. The van der Waals surface area contributed by atoms with Gasteiger partial charge in [0.1, 0.15) is 0 Å². The van der Waals surface area contributed by atoms with Gasteiger partial charge in [0.25, 0.3) is 5.91 Å². The minimum absolute atomic E-state index is 0.00973. The van der Waals surface area contributed by atoms with Crippen LogP contribution in [0.5, 0.6) is 0 Å². The predicted molar refractivity (Wildman–Crippen MR) is 83.9 cm³/mol. The summed E-state index contributed by atoms with van der Waals surface area (Å²) in [5, 5.41) is 8.23. The zero-order valence-corrected chi connectivity index (χ0v) is 14.2. The average Bonchev–Trinajstić information content (AvgIpc) is 2.36. The number of nitrogens with two attached hydrogens (primary N) is 1. The Bertz CT molecular complexity index is 642. The van der Waals surface area contributed by atoms with Crippen molar-refractivity contribution in [3.05, 3.63) is 28.3 Å². The van der Waals surface area contributed by atoms with Crippen LogP contribution in [0, 0.1) is 12.8 Å². The van der Waals surface area contributed by atoms with Crippen LogP contribution in [0.4, 0.5) is 0 Å². The van der Waals surface area contributed by atoms with Crippen molar-refractivity contribution >= 4 is 27.5 Å². The maximum atomic E-state index is 12.3. The van der Waals surface area contributed by atoms with Crippen molar-refractivity contribution in [2.24, 2.45) is 11.1 Å². The monoisotopic (exact) mass is 332 g/mol. The lowest BCUT2D eigenvalue weighted by atomic mass is 10.0. The largest absolute Gasteiger partial charge is 0.349 e. The molecule has 1 amide bonds. The number of hydrogen-bond acceptors (Lipinski definition) is 3. The lowest BCUT2D eigenvalue weighted by molar-refractivity contribution is 0.0924. The van der Waals surface area contributed by atoms with E-state index >= 15 is 0 Å². The molecule has 1 unspecified atom stereocenters. The summed E-state index contributed by atoms with van der Waals surface area (Å²) in [6.07, 6.45) is 0.783. The van der Waals surface area contributed by atoms with E-state index in [0.717, 1.165) is 6.42 Å².